The first-order valence-corrected chi connectivity index (χ1v) is 10.1. The van der Waals surface area contributed by atoms with E-state index in [0.717, 1.165) is 42.9 Å². The van der Waals surface area contributed by atoms with E-state index >= 15 is 0 Å². The van der Waals surface area contributed by atoms with Crippen molar-refractivity contribution >= 4 is 17.5 Å². The molecule has 1 aromatic rings. The molecule has 5 heteroatoms. The first-order valence-electron chi connectivity index (χ1n) is 9.23. The SMILES string of the molecule is O=C1CCCC[C@H]1Sc1nnc(C23CC4CC(CC(C4)C2)C3)o1. The number of ketones is 1. The van der Waals surface area contributed by atoms with Gasteiger partial charge >= 0.3 is 0 Å². The van der Waals surface area contributed by atoms with Crippen LogP contribution in [0.2, 0.25) is 0 Å². The number of hydrogen-bond donors (Lipinski definition) is 0. The Morgan fingerprint density at radius 1 is 1.00 bits per heavy atom. The van der Waals surface area contributed by atoms with Gasteiger partial charge in [0.15, 0.2) is 0 Å². The molecule has 4 nitrogen and oxygen atoms in total. The summed E-state index contributed by atoms with van der Waals surface area (Å²) in [5, 5.41) is 9.40. The van der Waals surface area contributed by atoms with Crippen LogP contribution in [0.15, 0.2) is 9.64 Å². The van der Waals surface area contributed by atoms with E-state index in [1.807, 2.05) is 0 Å². The van der Waals surface area contributed by atoms with Crippen molar-refractivity contribution in [1.29, 1.82) is 0 Å². The second kappa shape index (κ2) is 5.33. The molecule has 5 saturated carbocycles. The van der Waals surface area contributed by atoms with Gasteiger partial charge < -0.3 is 4.42 Å². The molecule has 0 amide bonds. The Morgan fingerprint density at radius 3 is 2.35 bits per heavy atom. The summed E-state index contributed by atoms with van der Waals surface area (Å²) in [6.45, 7) is 0. The van der Waals surface area contributed by atoms with Gasteiger partial charge in [-0.2, -0.15) is 0 Å². The molecule has 5 aliphatic carbocycles. The maximum Gasteiger partial charge on any atom is 0.277 e. The van der Waals surface area contributed by atoms with Gasteiger partial charge in [-0.25, -0.2) is 0 Å². The average molecular weight is 332 g/mol. The van der Waals surface area contributed by atoms with Crippen molar-refractivity contribution in [2.45, 2.75) is 80.1 Å². The molecule has 5 fully saturated rings. The lowest BCUT2D eigenvalue weighted by Gasteiger charge is -2.55. The van der Waals surface area contributed by atoms with Crippen molar-refractivity contribution < 1.29 is 9.21 Å². The molecule has 1 aromatic heterocycles. The third-order valence-corrected chi connectivity index (χ3v) is 7.79. The Hall–Kier alpha value is -0.840. The molecule has 5 aliphatic rings. The number of thioether (sulfide) groups is 1. The highest BCUT2D eigenvalue weighted by atomic mass is 32.2. The Balaban J connectivity index is 1.36. The van der Waals surface area contributed by atoms with Crippen LogP contribution in [0.1, 0.15) is 70.1 Å². The van der Waals surface area contributed by atoms with Crippen molar-refractivity contribution in [3.8, 4) is 0 Å². The Kier molecular flexibility index (Phi) is 3.36. The number of aromatic nitrogens is 2. The van der Waals surface area contributed by atoms with Crippen LogP contribution in [0, 0.1) is 17.8 Å². The molecule has 1 heterocycles. The molecular formula is C18H24N2O2S. The van der Waals surface area contributed by atoms with E-state index < -0.39 is 0 Å². The molecule has 0 saturated heterocycles. The van der Waals surface area contributed by atoms with Crippen molar-refractivity contribution in [2.24, 2.45) is 17.8 Å². The summed E-state index contributed by atoms with van der Waals surface area (Å²) in [5.41, 5.74) is 0.164. The van der Waals surface area contributed by atoms with Crippen LogP contribution >= 0.6 is 11.8 Å². The lowest BCUT2D eigenvalue weighted by atomic mass is 9.49. The van der Waals surface area contributed by atoms with Gasteiger partial charge in [0.2, 0.25) is 5.89 Å². The number of Topliss-reactive ketones (excluding diaryl/α,β-unsaturated/α-hetero) is 1. The van der Waals surface area contributed by atoms with Crippen LogP contribution < -0.4 is 0 Å². The molecule has 0 aliphatic heterocycles. The summed E-state index contributed by atoms with van der Waals surface area (Å²) in [4.78, 5) is 12.0. The molecule has 0 radical (unpaired) electrons. The van der Waals surface area contributed by atoms with Gasteiger partial charge in [-0.05, 0) is 69.1 Å². The van der Waals surface area contributed by atoms with Gasteiger partial charge in [0.05, 0.1) is 5.25 Å². The molecule has 0 N–H and O–H groups in total. The third-order valence-electron chi connectivity index (χ3n) is 6.64. The lowest BCUT2D eigenvalue weighted by molar-refractivity contribution is -0.119. The van der Waals surface area contributed by atoms with E-state index in [2.05, 4.69) is 10.2 Å². The van der Waals surface area contributed by atoms with E-state index in [-0.39, 0.29) is 10.7 Å². The zero-order valence-corrected chi connectivity index (χ0v) is 14.3. The standard InChI is InChI=1S/C18H24N2O2S/c21-14-3-1-2-4-15(14)23-17-20-19-16(22-17)18-8-11-5-12(9-18)7-13(6-11)10-18/h11-13,15H,1-10H2/t11?,12?,13?,15-,18?/m1/s1. The summed E-state index contributed by atoms with van der Waals surface area (Å²) in [6, 6.07) is 0. The Labute approximate surface area is 141 Å². The van der Waals surface area contributed by atoms with Gasteiger partial charge in [-0.3, -0.25) is 4.79 Å². The van der Waals surface area contributed by atoms with Crippen molar-refractivity contribution in [3.05, 3.63) is 5.89 Å². The second-order valence-corrected chi connectivity index (χ2v) is 9.54. The number of hydrogen-bond acceptors (Lipinski definition) is 5. The van der Waals surface area contributed by atoms with Gasteiger partial charge in [0.25, 0.3) is 5.22 Å². The van der Waals surface area contributed by atoms with Crippen LogP contribution in [0.3, 0.4) is 0 Å². The molecule has 1 atom stereocenters. The molecule has 23 heavy (non-hydrogen) atoms. The highest BCUT2D eigenvalue weighted by Crippen LogP contribution is 2.60. The normalized spacial score (nSPS) is 42.3. The van der Waals surface area contributed by atoms with Crippen LogP contribution in [0.4, 0.5) is 0 Å². The average Bonchev–Trinajstić information content (AvgIpc) is 2.98. The highest BCUT2D eigenvalue weighted by molar-refractivity contribution is 8.00. The number of nitrogens with zero attached hydrogens (tertiary/aromatic N) is 2. The molecule has 4 bridgehead atoms. The van der Waals surface area contributed by atoms with E-state index in [4.69, 9.17) is 4.42 Å². The Morgan fingerprint density at radius 2 is 1.70 bits per heavy atom. The molecule has 0 unspecified atom stereocenters. The summed E-state index contributed by atoms with van der Waals surface area (Å²) in [7, 11) is 0. The summed E-state index contributed by atoms with van der Waals surface area (Å²) < 4.78 is 6.11. The fourth-order valence-corrected chi connectivity index (χ4v) is 7.03. The van der Waals surface area contributed by atoms with E-state index in [0.29, 0.717) is 17.4 Å². The van der Waals surface area contributed by atoms with Crippen molar-refractivity contribution in [2.75, 3.05) is 0 Å². The lowest BCUT2D eigenvalue weighted by Crippen LogP contribution is -2.48. The maximum absolute atomic E-state index is 12.0. The minimum absolute atomic E-state index is 0.0356. The largest absolute Gasteiger partial charge is 0.415 e. The molecule has 0 aromatic carbocycles. The minimum Gasteiger partial charge on any atom is -0.415 e. The molecular weight excluding hydrogens is 308 g/mol. The van der Waals surface area contributed by atoms with Crippen molar-refractivity contribution in [3.63, 3.8) is 0 Å². The van der Waals surface area contributed by atoms with Gasteiger partial charge in [0, 0.05) is 11.8 Å². The number of carbonyl (C=O) groups excluding carboxylic acids is 1. The zero-order valence-electron chi connectivity index (χ0n) is 13.5. The number of rotatable bonds is 3. The van der Waals surface area contributed by atoms with E-state index in [1.165, 1.54) is 50.3 Å². The smallest absolute Gasteiger partial charge is 0.277 e. The highest BCUT2D eigenvalue weighted by Gasteiger charge is 2.54. The van der Waals surface area contributed by atoms with Gasteiger partial charge in [-0.1, -0.05) is 18.2 Å². The molecule has 124 valence electrons. The fraction of sp³-hybridized carbons (Fsp3) is 0.833. The zero-order chi connectivity index (χ0) is 15.4. The fourth-order valence-electron chi connectivity index (χ4n) is 6.04. The first kappa shape index (κ1) is 14.5. The minimum atomic E-state index is 0.0356. The van der Waals surface area contributed by atoms with Crippen molar-refractivity contribution in [1.82, 2.24) is 10.2 Å². The third kappa shape index (κ3) is 2.46. The van der Waals surface area contributed by atoms with Crippen LogP contribution in [-0.2, 0) is 10.2 Å². The Bertz CT molecular complexity index is 591. The van der Waals surface area contributed by atoms with Crippen LogP contribution in [-0.4, -0.2) is 21.2 Å². The van der Waals surface area contributed by atoms with E-state index in [9.17, 15) is 4.79 Å². The first-order chi connectivity index (χ1) is 11.2. The topological polar surface area (TPSA) is 56.0 Å². The monoisotopic (exact) mass is 332 g/mol. The maximum atomic E-state index is 12.0. The predicted octanol–water partition coefficient (Wildman–Crippen LogP) is 4.14. The predicted molar refractivity (Wildman–Crippen MR) is 87.3 cm³/mol. The number of carbonyl (C=O) groups is 1. The van der Waals surface area contributed by atoms with Gasteiger partial charge in [-0.15, -0.1) is 10.2 Å². The van der Waals surface area contributed by atoms with Crippen LogP contribution in [0.5, 0.6) is 0 Å². The molecule has 0 spiro atoms. The summed E-state index contributed by atoms with van der Waals surface area (Å²) >= 11 is 1.51. The molecule has 6 rings (SSSR count). The van der Waals surface area contributed by atoms with E-state index in [1.54, 1.807) is 0 Å². The summed E-state index contributed by atoms with van der Waals surface area (Å²) in [6.07, 6.45) is 11.8. The second-order valence-electron chi connectivity index (χ2n) is 8.39. The quantitative estimate of drug-likeness (QED) is 0.832. The van der Waals surface area contributed by atoms with Gasteiger partial charge in [0.1, 0.15) is 5.78 Å². The van der Waals surface area contributed by atoms with Crippen LogP contribution in [0.25, 0.3) is 0 Å². The summed E-state index contributed by atoms with van der Waals surface area (Å²) in [5.74, 6) is 3.87.